The zero-order chi connectivity index (χ0) is 11.5. The summed E-state index contributed by atoms with van der Waals surface area (Å²) in [5.41, 5.74) is 1.32. The Hall–Kier alpha value is -1.28. The third kappa shape index (κ3) is 2.37. The van der Waals surface area contributed by atoms with Gasteiger partial charge in [0.2, 0.25) is 0 Å². The Morgan fingerprint density at radius 2 is 2.18 bits per heavy atom. The van der Waals surface area contributed by atoms with E-state index in [0.717, 1.165) is 24.8 Å². The van der Waals surface area contributed by atoms with Crippen LogP contribution in [-0.2, 0) is 0 Å². The van der Waals surface area contributed by atoms with Crippen LogP contribution in [0.25, 0.3) is 0 Å². The van der Waals surface area contributed by atoms with Gasteiger partial charge in [-0.05, 0) is 37.8 Å². The average molecular weight is 229 g/mol. The third-order valence-electron chi connectivity index (χ3n) is 3.73. The summed E-state index contributed by atoms with van der Waals surface area (Å²) < 4.78 is 5.67. The molecule has 0 amide bonds. The first-order valence-corrected chi connectivity index (χ1v) is 6.53. The molecule has 90 valence electrons. The van der Waals surface area contributed by atoms with Crippen molar-refractivity contribution in [3.63, 3.8) is 0 Å². The van der Waals surface area contributed by atoms with E-state index < -0.39 is 0 Å². The first kappa shape index (κ1) is 10.8. The third-order valence-corrected chi connectivity index (χ3v) is 3.73. The Kier molecular flexibility index (Phi) is 3.14. The number of nitrogens with one attached hydrogen (secondary N) is 1. The minimum Gasteiger partial charge on any atom is -0.491 e. The Labute approximate surface area is 103 Å². The molecule has 1 N–H and O–H groups in total. The Morgan fingerprint density at radius 1 is 1.24 bits per heavy atom. The molecule has 1 aliphatic heterocycles. The highest BCUT2D eigenvalue weighted by molar-refractivity contribution is 5.39. The van der Waals surface area contributed by atoms with Crippen LogP contribution >= 0.6 is 0 Å². The molecule has 0 radical (unpaired) electrons. The number of hydrogen-bond donors (Lipinski definition) is 1. The van der Waals surface area contributed by atoms with Gasteiger partial charge in [0, 0.05) is 5.56 Å². The SMILES string of the molecule is C1=CCC(CNC2COc3ccccc32)CC1. The number of para-hydroxylation sites is 1. The number of fused-ring (bicyclic) bond motifs is 1. The van der Waals surface area contributed by atoms with Crippen LogP contribution in [-0.4, -0.2) is 13.2 Å². The van der Waals surface area contributed by atoms with Gasteiger partial charge in [-0.15, -0.1) is 0 Å². The van der Waals surface area contributed by atoms with Crippen molar-refractivity contribution < 1.29 is 4.74 Å². The van der Waals surface area contributed by atoms with Crippen LogP contribution in [0.5, 0.6) is 5.75 Å². The summed E-state index contributed by atoms with van der Waals surface area (Å²) in [4.78, 5) is 0. The molecule has 0 bridgehead atoms. The number of rotatable bonds is 3. The molecule has 0 aromatic heterocycles. The molecule has 2 atom stereocenters. The summed E-state index contributed by atoms with van der Waals surface area (Å²) in [6.45, 7) is 1.88. The predicted octanol–water partition coefficient (Wildman–Crippen LogP) is 3.07. The van der Waals surface area contributed by atoms with Crippen LogP contribution in [0.15, 0.2) is 36.4 Å². The lowest BCUT2D eigenvalue weighted by atomic mass is 9.94. The normalized spacial score (nSPS) is 26.6. The van der Waals surface area contributed by atoms with Gasteiger partial charge in [-0.1, -0.05) is 30.4 Å². The van der Waals surface area contributed by atoms with Gasteiger partial charge in [-0.25, -0.2) is 0 Å². The minimum atomic E-state index is 0.386. The molecule has 17 heavy (non-hydrogen) atoms. The standard InChI is InChI=1S/C15H19NO/c1-2-6-12(7-3-1)10-16-14-11-17-15-9-5-4-8-13(14)15/h1-2,4-5,8-9,12,14,16H,3,6-7,10-11H2. The molecule has 0 fully saturated rings. The number of hydrogen-bond acceptors (Lipinski definition) is 2. The summed E-state index contributed by atoms with van der Waals surface area (Å²) in [6, 6.07) is 8.73. The smallest absolute Gasteiger partial charge is 0.124 e. The zero-order valence-corrected chi connectivity index (χ0v) is 10.1. The molecule has 0 spiro atoms. The molecule has 0 saturated carbocycles. The second-order valence-corrected chi connectivity index (χ2v) is 4.96. The number of ether oxygens (including phenoxy) is 1. The maximum absolute atomic E-state index is 5.67. The molecular formula is C15H19NO. The van der Waals surface area contributed by atoms with Crippen molar-refractivity contribution in [2.45, 2.75) is 25.3 Å². The fraction of sp³-hybridized carbons (Fsp3) is 0.467. The lowest BCUT2D eigenvalue weighted by Gasteiger charge is -2.20. The molecule has 1 aromatic rings. The van der Waals surface area contributed by atoms with Gasteiger partial charge in [0.1, 0.15) is 12.4 Å². The zero-order valence-electron chi connectivity index (χ0n) is 10.1. The summed E-state index contributed by atoms with van der Waals surface area (Å²) in [7, 11) is 0. The lowest BCUT2D eigenvalue weighted by molar-refractivity contribution is 0.299. The van der Waals surface area contributed by atoms with Crippen molar-refractivity contribution in [3.8, 4) is 5.75 Å². The van der Waals surface area contributed by atoms with Crippen LogP contribution in [0, 0.1) is 5.92 Å². The fourth-order valence-electron chi connectivity index (χ4n) is 2.68. The van der Waals surface area contributed by atoms with Crippen LogP contribution < -0.4 is 10.1 Å². The highest BCUT2D eigenvalue weighted by Gasteiger charge is 2.23. The van der Waals surface area contributed by atoms with E-state index >= 15 is 0 Å². The van der Waals surface area contributed by atoms with E-state index in [9.17, 15) is 0 Å². The van der Waals surface area contributed by atoms with Crippen LogP contribution in [0.3, 0.4) is 0 Å². The van der Waals surface area contributed by atoms with Crippen molar-refractivity contribution >= 4 is 0 Å². The summed E-state index contributed by atoms with van der Waals surface area (Å²) in [5.74, 6) is 1.85. The summed E-state index contributed by atoms with van der Waals surface area (Å²) in [6.07, 6.45) is 8.39. The van der Waals surface area contributed by atoms with E-state index in [1.165, 1.54) is 24.8 Å². The Balaban J connectivity index is 1.58. The molecule has 2 unspecified atom stereocenters. The van der Waals surface area contributed by atoms with Gasteiger partial charge in [0.25, 0.3) is 0 Å². The maximum atomic E-state index is 5.67. The Morgan fingerprint density at radius 3 is 3.06 bits per heavy atom. The van der Waals surface area contributed by atoms with E-state index in [1.807, 2.05) is 6.07 Å². The Bertz CT molecular complexity index is 413. The monoisotopic (exact) mass is 229 g/mol. The molecule has 3 rings (SSSR count). The topological polar surface area (TPSA) is 21.3 Å². The van der Waals surface area contributed by atoms with Crippen molar-refractivity contribution in [2.75, 3.05) is 13.2 Å². The van der Waals surface area contributed by atoms with Gasteiger partial charge in [-0.2, -0.15) is 0 Å². The number of allylic oxidation sites excluding steroid dienone is 2. The van der Waals surface area contributed by atoms with E-state index in [4.69, 9.17) is 4.74 Å². The lowest BCUT2D eigenvalue weighted by Crippen LogP contribution is -2.28. The molecule has 0 saturated heterocycles. The van der Waals surface area contributed by atoms with E-state index in [-0.39, 0.29) is 0 Å². The van der Waals surface area contributed by atoms with Crippen LogP contribution in [0.4, 0.5) is 0 Å². The molecule has 1 aliphatic carbocycles. The average Bonchev–Trinajstić information content (AvgIpc) is 2.81. The summed E-state index contributed by atoms with van der Waals surface area (Å²) >= 11 is 0. The van der Waals surface area contributed by atoms with Crippen molar-refractivity contribution in [1.82, 2.24) is 5.32 Å². The first-order valence-electron chi connectivity index (χ1n) is 6.53. The van der Waals surface area contributed by atoms with Crippen molar-refractivity contribution in [2.24, 2.45) is 5.92 Å². The highest BCUT2D eigenvalue weighted by atomic mass is 16.5. The fourth-order valence-corrected chi connectivity index (χ4v) is 2.68. The van der Waals surface area contributed by atoms with Gasteiger partial charge in [0.05, 0.1) is 6.04 Å². The molecule has 2 heteroatoms. The first-order chi connectivity index (χ1) is 8.43. The second-order valence-electron chi connectivity index (χ2n) is 4.96. The molecule has 1 aromatic carbocycles. The predicted molar refractivity (Wildman–Crippen MR) is 69.2 cm³/mol. The quantitative estimate of drug-likeness (QED) is 0.804. The van der Waals surface area contributed by atoms with Gasteiger partial charge >= 0.3 is 0 Å². The van der Waals surface area contributed by atoms with Crippen LogP contribution in [0.1, 0.15) is 30.9 Å². The largest absolute Gasteiger partial charge is 0.491 e. The van der Waals surface area contributed by atoms with Crippen molar-refractivity contribution in [1.29, 1.82) is 0 Å². The molecule has 2 nitrogen and oxygen atoms in total. The van der Waals surface area contributed by atoms with Gasteiger partial charge in [-0.3, -0.25) is 0 Å². The highest BCUT2D eigenvalue weighted by Crippen LogP contribution is 2.32. The van der Waals surface area contributed by atoms with E-state index in [1.54, 1.807) is 0 Å². The minimum absolute atomic E-state index is 0.386. The van der Waals surface area contributed by atoms with Crippen LogP contribution in [0.2, 0.25) is 0 Å². The summed E-state index contributed by atoms with van der Waals surface area (Å²) in [5, 5.41) is 3.65. The molecule has 1 heterocycles. The molecule has 2 aliphatic rings. The number of benzene rings is 1. The maximum Gasteiger partial charge on any atom is 0.124 e. The second kappa shape index (κ2) is 4.92. The van der Waals surface area contributed by atoms with Gasteiger partial charge in [0.15, 0.2) is 0 Å². The van der Waals surface area contributed by atoms with Crippen molar-refractivity contribution in [3.05, 3.63) is 42.0 Å². The molecular weight excluding hydrogens is 210 g/mol. The van der Waals surface area contributed by atoms with Gasteiger partial charge < -0.3 is 10.1 Å². The van der Waals surface area contributed by atoms with E-state index in [2.05, 4.69) is 35.7 Å². The van der Waals surface area contributed by atoms with E-state index in [0.29, 0.717) is 6.04 Å².